The standard InChI is InChI=1S/C12H19N5O3/c1-15-2-4-16(5-3-15)11(18)9-20-12(19)8-17-7-10(13)6-14-17/h6-7H,2-5,8-9,13H2,1H3. The first-order chi connectivity index (χ1) is 9.54. The number of piperazine rings is 1. The molecule has 1 aliphatic heterocycles. The van der Waals surface area contributed by atoms with Crippen molar-refractivity contribution in [3.8, 4) is 0 Å². The molecule has 2 heterocycles. The van der Waals surface area contributed by atoms with Gasteiger partial charge in [0, 0.05) is 32.4 Å². The summed E-state index contributed by atoms with van der Waals surface area (Å²) in [4.78, 5) is 27.3. The van der Waals surface area contributed by atoms with Gasteiger partial charge in [0.25, 0.3) is 5.91 Å². The van der Waals surface area contributed by atoms with E-state index in [9.17, 15) is 9.59 Å². The molecule has 20 heavy (non-hydrogen) atoms. The number of hydrogen-bond acceptors (Lipinski definition) is 6. The van der Waals surface area contributed by atoms with Gasteiger partial charge in [-0.3, -0.25) is 14.3 Å². The Balaban J connectivity index is 1.71. The summed E-state index contributed by atoms with van der Waals surface area (Å²) < 4.78 is 6.32. The van der Waals surface area contributed by atoms with Crippen LogP contribution in [-0.2, 0) is 20.9 Å². The molecule has 1 fully saturated rings. The van der Waals surface area contributed by atoms with E-state index in [1.165, 1.54) is 17.1 Å². The second-order valence-electron chi connectivity index (χ2n) is 4.82. The molecule has 0 aliphatic carbocycles. The third-order valence-corrected chi connectivity index (χ3v) is 3.16. The van der Waals surface area contributed by atoms with E-state index >= 15 is 0 Å². The van der Waals surface area contributed by atoms with Gasteiger partial charge in [-0.05, 0) is 7.05 Å². The van der Waals surface area contributed by atoms with Crippen LogP contribution in [-0.4, -0.2) is 71.3 Å². The van der Waals surface area contributed by atoms with Gasteiger partial charge in [0.2, 0.25) is 0 Å². The number of nitrogen functional groups attached to an aromatic ring is 1. The van der Waals surface area contributed by atoms with Crippen LogP contribution in [0.15, 0.2) is 12.4 Å². The summed E-state index contributed by atoms with van der Waals surface area (Å²) in [5, 5.41) is 3.87. The number of carbonyl (C=O) groups is 2. The third-order valence-electron chi connectivity index (χ3n) is 3.16. The van der Waals surface area contributed by atoms with Crippen LogP contribution in [0.4, 0.5) is 5.69 Å². The van der Waals surface area contributed by atoms with Crippen molar-refractivity contribution in [2.24, 2.45) is 0 Å². The molecule has 0 unspecified atom stereocenters. The van der Waals surface area contributed by atoms with Crippen molar-refractivity contribution in [3.05, 3.63) is 12.4 Å². The Bertz CT molecular complexity index is 479. The number of ether oxygens (including phenoxy) is 1. The lowest BCUT2D eigenvalue weighted by molar-refractivity contribution is -0.153. The van der Waals surface area contributed by atoms with Crippen molar-refractivity contribution in [1.82, 2.24) is 19.6 Å². The first-order valence-electron chi connectivity index (χ1n) is 6.44. The lowest BCUT2D eigenvalue weighted by Gasteiger charge is -2.32. The van der Waals surface area contributed by atoms with Crippen molar-refractivity contribution in [1.29, 1.82) is 0 Å². The Labute approximate surface area is 117 Å². The summed E-state index contributed by atoms with van der Waals surface area (Å²) in [6, 6.07) is 0. The van der Waals surface area contributed by atoms with Crippen LogP contribution in [0.3, 0.4) is 0 Å². The van der Waals surface area contributed by atoms with Crippen molar-refractivity contribution in [2.45, 2.75) is 6.54 Å². The molecular formula is C12H19N5O3. The van der Waals surface area contributed by atoms with Crippen LogP contribution in [0.1, 0.15) is 0 Å². The maximum Gasteiger partial charge on any atom is 0.328 e. The van der Waals surface area contributed by atoms with Crippen LogP contribution in [0.5, 0.6) is 0 Å². The zero-order valence-corrected chi connectivity index (χ0v) is 11.5. The van der Waals surface area contributed by atoms with Crippen molar-refractivity contribution in [3.63, 3.8) is 0 Å². The molecule has 1 saturated heterocycles. The topological polar surface area (TPSA) is 93.7 Å². The molecule has 0 saturated carbocycles. The minimum Gasteiger partial charge on any atom is -0.454 e. The zero-order chi connectivity index (χ0) is 14.5. The Hall–Kier alpha value is -2.09. The van der Waals surface area contributed by atoms with Crippen LogP contribution < -0.4 is 5.73 Å². The van der Waals surface area contributed by atoms with Gasteiger partial charge in [-0.25, -0.2) is 0 Å². The fourth-order valence-corrected chi connectivity index (χ4v) is 1.93. The molecule has 1 amide bonds. The maximum atomic E-state index is 11.9. The Morgan fingerprint density at radius 1 is 1.35 bits per heavy atom. The Morgan fingerprint density at radius 2 is 2.05 bits per heavy atom. The quantitative estimate of drug-likeness (QED) is 0.695. The monoisotopic (exact) mass is 281 g/mol. The molecule has 110 valence electrons. The minimum absolute atomic E-state index is 0.0484. The van der Waals surface area contributed by atoms with Gasteiger partial charge in [0.15, 0.2) is 6.61 Å². The minimum atomic E-state index is -0.504. The summed E-state index contributed by atoms with van der Waals surface area (Å²) in [5.74, 6) is -0.665. The summed E-state index contributed by atoms with van der Waals surface area (Å²) in [7, 11) is 2.01. The number of rotatable bonds is 4. The number of aromatic nitrogens is 2. The largest absolute Gasteiger partial charge is 0.454 e. The van der Waals surface area contributed by atoms with Gasteiger partial charge in [-0.15, -0.1) is 0 Å². The molecule has 0 bridgehead atoms. The fourth-order valence-electron chi connectivity index (χ4n) is 1.93. The summed E-state index contributed by atoms with van der Waals surface area (Å²) in [6.45, 7) is 2.75. The smallest absolute Gasteiger partial charge is 0.328 e. The first-order valence-corrected chi connectivity index (χ1v) is 6.44. The highest BCUT2D eigenvalue weighted by Crippen LogP contribution is 2.01. The lowest BCUT2D eigenvalue weighted by atomic mass is 10.3. The maximum absolute atomic E-state index is 11.9. The number of nitrogens with two attached hydrogens (primary N) is 1. The van der Waals surface area contributed by atoms with Crippen LogP contribution in [0.25, 0.3) is 0 Å². The number of nitrogens with zero attached hydrogens (tertiary/aromatic N) is 4. The number of esters is 1. The van der Waals surface area contributed by atoms with Crippen LogP contribution in [0.2, 0.25) is 0 Å². The van der Waals surface area contributed by atoms with E-state index in [-0.39, 0.29) is 19.1 Å². The Morgan fingerprint density at radius 3 is 2.65 bits per heavy atom. The zero-order valence-electron chi connectivity index (χ0n) is 11.5. The molecule has 0 aromatic carbocycles. The van der Waals surface area contributed by atoms with E-state index in [1.54, 1.807) is 4.90 Å². The average Bonchev–Trinajstić information content (AvgIpc) is 2.82. The number of carbonyl (C=O) groups excluding carboxylic acids is 2. The molecule has 0 spiro atoms. The third kappa shape index (κ3) is 3.95. The lowest BCUT2D eigenvalue weighted by Crippen LogP contribution is -2.48. The molecule has 0 radical (unpaired) electrons. The van der Waals surface area contributed by atoms with Gasteiger partial charge in [-0.2, -0.15) is 5.10 Å². The SMILES string of the molecule is CN1CCN(C(=O)COC(=O)Cn2cc(N)cn2)CC1. The first kappa shape index (κ1) is 14.3. The Kier molecular flexibility index (Phi) is 4.57. The molecular weight excluding hydrogens is 262 g/mol. The highest BCUT2D eigenvalue weighted by atomic mass is 16.5. The summed E-state index contributed by atoms with van der Waals surface area (Å²) in [5.41, 5.74) is 5.96. The van der Waals surface area contributed by atoms with Gasteiger partial charge >= 0.3 is 5.97 Å². The highest BCUT2D eigenvalue weighted by molar-refractivity contribution is 5.80. The molecule has 8 nitrogen and oxygen atoms in total. The number of anilines is 1. The number of hydrogen-bond donors (Lipinski definition) is 1. The summed E-state index contributed by atoms with van der Waals surface area (Å²) >= 11 is 0. The van der Waals surface area contributed by atoms with E-state index in [4.69, 9.17) is 10.5 Å². The second-order valence-corrected chi connectivity index (χ2v) is 4.82. The van der Waals surface area contributed by atoms with Crippen LogP contribution >= 0.6 is 0 Å². The predicted molar refractivity (Wildman–Crippen MR) is 71.7 cm³/mol. The molecule has 1 aromatic heterocycles. The average molecular weight is 281 g/mol. The van der Waals surface area contributed by atoms with Crippen LogP contribution in [0, 0.1) is 0 Å². The van der Waals surface area contributed by atoms with Gasteiger partial charge in [0.05, 0.1) is 11.9 Å². The molecule has 2 rings (SSSR count). The van der Waals surface area contributed by atoms with E-state index in [1.807, 2.05) is 7.05 Å². The van der Waals surface area contributed by atoms with E-state index < -0.39 is 5.97 Å². The molecule has 0 atom stereocenters. The van der Waals surface area contributed by atoms with Gasteiger partial charge in [-0.1, -0.05) is 0 Å². The van der Waals surface area contributed by atoms with E-state index in [0.717, 1.165) is 13.1 Å². The van der Waals surface area contributed by atoms with E-state index in [0.29, 0.717) is 18.8 Å². The van der Waals surface area contributed by atoms with Crippen molar-refractivity contribution in [2.75, 3.05) is 45.6 Å². The number of amides is 1. The summed E-state index contributed by atoms with van der Waals surface area (Å²) in [6.07, 6.45) is 2.98. The highest BCUT2D eigenvalue weighted by Gasteiger charge is 2.20. The molecule has 1 aliphatic rings. The predicted octanol–water partition coefficient (Wildman–Crippen LogP) is -1.22. The van der Waals surface area contributed by atoms with Crippen molar-refractivity contribution < 1.29 is 14.3 Å². The van der Waals surface area contributed by atoms with Gasteiger partial charge in [0.1, 0.15) is 6.54 Å². The molecule has 2 N–H and O–H groups in total. The van der Waals surface area contributed by atoms with Gasteiger partial charge < -0.3 is 20.3 Å². The number of likely N-dealkylation sites (N-methyl/N-ethyl adjacent to an activating group) is 1. The molecule has 8 heteroatoms. The van der Waals surface area contributed by atoms with E-state index in [2.05, 4.69) is 10.00 Å². The normalized spacial score (nSPS) is 16.1. The second kappa shape index (κ2) is 6.38. The fraction of sp³-hybridized carbons (Fsp3) is 0.583. The molecule has 1 aromatic rings. The van der Waals surface area contributed by atoms with Crippen molar-refractivity contribution >= 4 is 17.6 Å².